The van der Waals surface area contributed by atoms with Gasteiger partial charge in [-0.1, -0.05) is 42.5 Å². The highest BCUT2D eigenvalue weighted by Gasteiger charge is 2.24. The summed E-state index contributed by atoms with van der Waals surface area (Å²) >= 11 is 2.27. The molecule has 0 saturated heterocycles. The zero-order chi connectivity index (χ0) is 13.9. The smallest absolute Gasteiger partial charge is 0.249 e. The average molecular weight is 376 g/mol. The molecule has 0 aromatic heterocycles. The number of carbonyl (C=O) groups is 1. The van der Waals surface area contributed by atoms with E-state index in [9.17, 15) is 4.79 Å². The molecule has 2 aromatic carbocycles. The Labute approximate surface area is 131 Å². The molecule has 1 aliphatic heterocycles. The van der Waals surface area contributed by atoms with Gasteiger partial charge in [0.2, 0.25) is 5.91 Å². The predicted molar refractivity (Wildman–Crippen MR) is 87.3 cm³/mol. The number of carbonyl (C=O) groups excluding carboxylic acids is 1. The van der Waals surface area contributed by atoms with Crippen molar-refractivity contribution in [1.82, 2.24) is 5.01 Å². The quantitative estimate of drug-likeness (QED) is 0.756. The third-order valence-corrected chi connectivity index (χ3v) is 3.92. The summed E-state index contributed by atoms with van der Waals surface area (Å²) in [6.07, 6.45) is 0.383. The Balaban J connectivity index is 1.79. The Kier molecular flexibility index (Phi) is 3.82. The molecule has 2 aromatic rings. The van der Waals surface area contributed by atoms with Crippen LogP contribution in [0.3, 0.4) is 0 Å². The number of hydrogen-bond donors (Lipinski definition) is 0. The van der Waals surface area contributed by atoms with Crippen LogP contribution in [0.15, 0.2) is 59.7 Å². The lowest BCUT2D eigenvalue weighted by atomic mass is 10.1. The van der Waals surface area contributed by atoms with Crippen LogP contribution in [-0.2, 0) is 11.3 Å². The van der Waals surface area contributed by atoms with Crippen molar-refractivity contribution >= 4 is 34.2 Å². The largest absolute Gasteiger partial charge is 0.272 e. The summed E-state index contributed by atoms with van der Waals surface area (Å²) < 4.78 is 1.19. The predicted octanol–water partition coefficient (Wildman–Crippen LogP) is 3.43. The normalized spacial score (nSPS) is 14.6. The minimum absolute atomic E-state index is 0.0578. The Morgan fingerprint density at radius 1 is 1.05 bits per heavy atom. The van der Waals surface area contributed by atoms with E-state index in [0.717, 1.165) is 16.8 Å². The molecule has 0 N–H and O–H groups in total. The zero-order valence-corrected chi connectivity index (χ0v) is 12.9. The van der Waals surface area contributed by atoms with E-state index >= 15 is 0 Å². The summed E-state index contributed by atoms with van der Waals surface area (Å²) in [6.45, 7) is 0.534. The van der Waals surface area contributed by atoms with Gasteiger partial charge < -0.3 is 0 Å². The fraction of sp³-hybridized carbons (Fsp3) is 0.125. The first-order valence-electron chi connectivity index (χ1n) is 6.40. The monoisotopic (exact) mass is 376 g/mol. The summed E-state index contributed by atoms with van der Waals surface area (Å²) in [5, 5.41) is 6.02. The number of nitrogens with zero attached hydrogens (tertiary/aromatic N) is 2. The third kappa shape index (κ3) is 2.90. The van der Waals surface area contributed by atoms with E-state index in [-0.39, 0.29) is 5.91 Å². The number of amides is 1. The molecule has 3 rings (SSSR count). The molecule has 1 heterocycles. The van der Waals surface area contributed by atoms with E-state index in [4.69, 9.17) is 0 Å². The molecule has 0 saturated carbocycles. The molecule has 1 amide bonds. The molecule has 0 fully saturated rings. The van der Waals surface area contributed by atoms with Gasteiger partial charge in [-0.3, -0.25) is 4.79 Å². The lowest BCUT2D eigenvalue weighted by molar-refractivity contribution is -0.129. The van der Waals surface area contributed by atoms with Crippen LogP contribution < -0.4 is 0 Å². The SMILES string of the molecule is O=C1CC(c2ccccc2)=NN1Cc1ccc(I)cc1. The number of hydrazone groups is 1. The molecule has 100 valence electrons. The standard InChI is InChI=1S/C16H13IN2O/c17-14-8-6-12(7-9-14)11-19-16(20)10-15(18-19)13-4-2-1-3-5-13/h1-9H,10-11H2. The van der Waals surface area contributed by atoms with E-state index in [1.807, 2.05) is 54.6 Å². The molecule has 0 bridgehead atoms. The van der Waals surface area contributed by atoms with Crippen molar-refractivity contribution in [2.75, 3.05) is 0 Å². The molecular weight excluding hydrogens is 363 g/mol. The number of halogens is 1. The molecule has 0 unspecified atom stereocenters. The van der Waals surface area contributed by atoms with Crippen LogP contribution in [0.5, 0.6) is 0 Å². The minimum atomic E-state index is 0.0578. The van der Waals surface area contributed by atoms with Crippen molar-refractivity contribution in [3.8, 4) is 0 Å². The second-order valence-electron chi connectivity index (χ2n) is 4.67. The van der Waals surface area contributed by atoms with E-state index in [1.54, 1.807) is 5.01 Å². The van der Waals surface area contributed by atoms with Gasteiger partial charge >= 0.3 is 0 Å². The highest BCUT2D eigenvalue weighted by Crippen LogP contribution is 2.18. The van der Waals surface area contributed by atoms with Gasteiger partial charge in [-0.05, 0) is 45.9 Å². The molecule has 0 spiro atoms. The minimum Gasteiger partial charge on any atom is -0.272 e. The maximum atomic E-state index is 12.0. The van der Waals surface area contributed by atoms with Crippen LogP contribution in [0, 0.1) is 3.57 Å². The van der Waals surface area contributed by atoms with Gasteiger partial charge in [0.25, 0.3) is 0 Å². The number of benzene rings is 2. The molecule has 0 aliphatic carbocycles. The molecule has 20 heavy (non-hydrogen) atoms. The third-order valence-electron chi connectivity index (χ3n) is 3.20. The van der Waals surface area contributed by atoms with Gasteiger partial charge in [-0.2, -0.15) is 5.10 Å². The summed E-state index contributed by atoms with van der Waals surface area (Å²) in [7, 11) is 0. The highest BCUT2D eigenvalue weighted by atomic mass is 127. The maximum absolute atomic E-state index is 12.0. The van der Waals surface area contributed by atoms with Crippen LogP contribution in [-0.4, -0.2) is 16.6 Å². The zero-order valence-electron chi connectivity index (χ0n) is 10.8. The van der Waals surface area contributed by atoms with Crippen LogP contribution >= 0.6 is 22.6 Å². The van der Waals surface area contributed by atoms with Crippen molar-refractivity contribution in [1.29, 1.82) is 0 Å². The maximum Gasteiger partial charge on any atom is 0.249 e. The van der Waals surface area contributed by atoms with Gasteiger partial charge in [-0.15, -0.1) is 0 Å². The lowest BCUT2D eigenvalue weighted by Crippen LogP contribution is -2.19. The molecule has 0 atom stereocenters. The summed E-state index contributed by atoms with van der Waals surface area (Å²) in [6, 6.07) is 18.0. The van der Waals surface area contributed by atoms with Crippen molar-refractivity contribution in [2.24, 2.45) is 5.10 Å². The molecule has 4 heteroatoms. The topological polar surface area (TPSA) is 32.7 Å². The van der Waals surface area contributed by atoms with Crippen LogP contribution in [0.2, 0.25) is 0 Å². The van der Waals surface area contributed by atoms with E-state index in [0.29, 0.717) is 13.0 Å². The van der Waals surface area contributed by atoms with Gasteiger partial charge in [-0.25, -0.2) is 5.01 Å². The van der Waals surface area contributed by atoms with Crippen molar-refractivity contribution in [3.05, 3.63) is 69.3 Å². The average Bonchev–Trinajstić information content (AvgIpc) is 2.84. The van der Waals surface area contributed by atoms with Crippen LogP contribution in [0.1, 0.15) is 17.5 Å². The number of hydrogen-bond acceptors (Lipinski definition) is 2. The molecule has 1 aliphatic rings. The van der Waals surface area contributed by atoms with Crippen LogP contribution in [0.25, 0.3) is 0 Å². The first-order valence-corrected chi connectivity index (χ1v) is 7.48. The van der Waals surface area contributed by atoms with Gasteiger partial charge in [0.05, 0.1) is 18.7 Å². The summed E-state index contributed by atoms with van der Waals surface area (Å²) in [5.74, 6) is 0.0578. The Morgan fingerprint density at radius 2 is 1.75 bits per heavy atom. The van der Waals surface area contributed by atoms with E-state index < -0.39 is 0 Å². The second kappa shape index (κ2) is 5.75. The summed E-state index contributed by atoms with van der Waals surface area (Å²) in [4.78, 5) is 12.0. The van der Waals surface area contributed by atoms with Gasteiger partial charge in [0.1, 0.15) is 0 Å². The Bertz CT molecular complexity index is 650. The van der Waals surface area contributed by atoms with Crippen molar-refractivity contribution in [3.63, 3.8) is 0 Å². The Morgan fingerprint density at radius 3 is 2.45 bits per heavy atom. The van der Waals surface area contributed by atoms with Gasteiger partial charge in [0, 0.05) is 3.57 Å². The van der Waals surface area contributed by atoms with Gasteiger partial charge in [0.15, 0.2) is 0 Å². The fourth-order valence-corrected chi connectivity index (χ4v) is 2.51. The van der Waals surface area contributed by atoms with Crippen LogP contribution in [0.4, 0.5) is 0 Å². The molecule has 0 radical (unpaired) electrons. The summed E-state index contributed by atoms with van der Waals surface area (Å²) in [5.41, 5.74) is 2.96. The van der Waals surface area contributed by atoms with Crippen molar-refractivity contribution < 1.29 is 4.79 Å². The second-order valence-corrected chi connectivity index (χ2v) is 5.91. The lowest BCUT2D eigenvalue weighted by Gasteiger charge is -2.11. The van der Waals surface area contributed by atoms with E-state index in [1.165, 1.54) is 3.57 Å². The Hall–Kier alpha value is -1.69. The number of rotatable bonds is 3. The van der Waals surface area contributed by atoms with E-state index in [2.05, 4.69) is 27.7 Å². The first kappa shape index (κ1) is 13.3. The highest BCUT2D eigenvalue weighted by molar-refractivity contribution is 14.1. The molecular formula is C16H13IN2O. The molecule has 3 nitrogen and oxygen atoms in total. The first-order chi connectivity index (χ1) is 9.72. The van der Waals surface area contributed by atoms with Crippen molar-refractivity contribution in [2.45, 2.75) is 13.0 Å². The fourth-order valence-electron chi connectivity index (χ4n) is 2.15.